The third kappa shape index (κ3) is 2.56. The fourth-order valence-electron chi connectivity index (χ4n) is 2.78. The molecule has 110 valence electrons. The van der Waals surface area contributed by atoms with Gasteiger partial charge in [0, 0.05) is 18.9 Å². The Labute approximate surface area is 124 Å². The van der Waals surface area contributed by atoms with Crippen molar-refractivity contribution in [1.29, 1.82) is 0 Å². The van der Waals surface area contributed by atoms with Crippen LogP contribution in [0, 0.1) is 6.92 Å². The molecule has 21 heavy (non-hydrogen) atoms. The maximum absolute atomic E-state index is 12.9. The highest BCUT2D eigenvalue weighted by Gasteiger charge is 2.37. The molecule has 1 aliphatic heterocycles. The predicted molar refractivity (Wildman–Crippen MR) is 79.1 cm³/mol. The van der Waals surface area contributed by atoms with Crippen molar-refractivity contribution in [1.82, 2.24) is 14.3 Å². The van der Waals surface area contributed by atoms with E-state index in [-0.39, 0.29) is 6.04 Å². The first-order valence-electron chi connectivity index (χ1n) is 6.94. The van der Waals surface area contributed by atoms with Gasteiger partial charge in [0.2, 0.25) is 10.0 Å². The second-order valence-corrected chi connectivity index (χ2v) is 7.03. The fourth-order valence-corrected chi connectivity index (χ4v) is 4.67. The Kier molecular flexibility index (Phi) is 3.73. The predicted octanol–water partition coefficient (Wildman–Crippen LogP) is 2.31. The van der Waals surface area contributed by atoms with E-state index in [2.05, 4.69) is 9.97 Å². The topological polar surface area (TPSA) is 63.2 Å². The quantitative estimate of drug-likeness (QED) is 0.873. The molecule has 1 aromatic carbocycles. The number of hydrogen-bond acceptors (Lipinski definition) is 4. The number of benzene rings is 1. The summed E-state index contributed by atoms with van der Waals surface area (Å²) in [7, 11) is -3.50. The van der Waals surface area contributed by atoms with E-state index in [1.807, 2.05) is 19.1 Å². The summed E-state index contributed by atoms with van der Waals surface area (Å²) >= 11 is 0. The second kappa shape index (κ2) is 5.54. The molecule has 6 heteroatoms. The van der Waals surface area contributed by atoms with Crippen LogP contribution >= 0.6 is 0 Å². The maximum Gasteiger partial charge on any atom is 0.243 e. The lowest BCUT2D eigenvalue weighted by atomic mass is 10.2. The Balaban J connectivity index is 2.01. The molecule has 1 atom stereocenters. The molecular formula is C15H17N3O2S. The van der Waals surface area contributed by atoms with Crippen LogP contribution in [0.15, 0.2) is 47.8 Å². The normalized spacial score (nSPS) is 19.8. The molecule has 5 nitrogen and oxygen atoms in total. The van der Waals surface area contributed by atoms with Crippen LogP contribution in [0.3, 0.4) is 0 Å². The number of nitrogens with zero attached hydrogens (tertiary/aromatic N) is 3. The maximum atomic E-state index is 12.9. The Bertz CT molecular complexity index is 732. The number of sulfonamides is 1. The van der Waals surface area contributed by atoms with Gasteiger partial charge in [-0.3, -0.25) is 9.97 Å². The first-order chi connectivity index (χ1) is 10.1. The third-order valence-corrected chi connectivity index (χ3v) is 5.88. The summed E-state index contributed by atoms with van der Waals surface area (Å²) in [5.74, 6) is 0. The van der Waals surface area contributed by atoms with E-state index in [0.29, 0.717) is 17.1 Å². The smallest absolute Gasteiger partial charge is 0.243 e. The van der Waals surface area contributed by atoms with Gasteiger partial charge in [-0.05, 0) is 31.4 Å². The Morgan fingerprint density at radius 3 is 2.76 bits per heavy atom. The summed E-state index contributed by atoms with van der Waals surface area (Å²) in [6, 6.07) is 6.87. The molecule has 0 aliphatic carbocycles. The van der Waals surface area contributed by atoms with Gasteiger partial charge in [-0.25, -0.2) is 8.42 Å². The van der Waals surface area contributed by atoms with Crippen LogP contribution in [-0.2, 0) is 10.0 Å². The lowest BCUT2D eigenvalue weighted by Gasteiger charge is -2.24. The monoisotopic (exact) mass is 303 g/mol. The summed E-state index contributed by atoms with van der Waals surface area (Å²) in [4.78, 5) is 8.70. The van der Waals surface area contributed by atoms with Crippen LogP contribution in [0.1, 0.15) is 30.1 Å². The molecule has 0 N–H and O–H groups in total. The summed E-state index contributed by atoms with van der Waals surface area (Å²) in [5.41, 5.74) is 1.48. The molecule has 0 spiro atoms. The first kappa shape index (κ1) is 14.2. The lowest BCUT2D eigenvalue weighted by Crippen LogP contribution is -2.31. The number of rotatable bonds is 3. The molecule has 0 saturated carbocycles. The van der Waals surface area contributed by atoms with Gasteiger partial charge >= 0.3 is 0 Å². The van der Waals surface area contributed by atoms with Gasteiger partial charge in [-0.2, -0.15) is 4.31 Å². The molecule has 1 aromatic heterocycles. The molecule has 1 fully saturated rings. The molecule has 2 aromatic rings. The SMILES string of the molecule is Cc1ccccc1S(=O)(=O)N1CCC[C@@H]1c1cnccn1. The van der Waals surface area contributed by atoms with Gasteiger partial charge in [-0.1, -0.05) is 18.2 Å². The zero-order chi connectivity index (χ0) is 14.9. The average Bonchev–Trinajstić information content (AvgIpc) is 2.99. The highest BCUT2D eigenvalue weighted by molar-refractivity contribution is 7.89. The minimum absolute atomic E-state index is 0.219. The molecule has 1 aliphatic rings. The molecule has 0 amide bonds. The molecule has 3 rings (SSSR count). The van der Waals surface area contributed by atoms with E-state index < -0.39 is 10.0 Å². The van der Waals surface area contributed by atoms with E-state index >= 15 is 0 Å². The minimum Gasteiger partial charge on any atom is -0.261 e. The zero-order valence-electron chi connectivity index (χ0n) is 11.8. The number of aromatic nitrogens is 2. The van der Waals surface area contributed by atoms with Crippen molar-refractivity contribution >= 4 is 10.0 Å². The highest BCUT2D eigenvalue weighted by Crippen LogP contribution is 2.35. The van der Waals surface area contributed by atoms with Crippen LogP contribution in [0.5, 0.6) is 0 Å². The molecule has 2 heterocycles. The van der Waals surface area contributed by atoms with Gasteiger partial charge in [0.25, 0.3) is 0 Å². The standard InChI is InChI=1S/C15H17N3O2S/c1-12-5-2-3-7-15(12)21(19,20)18-10-4-6-14(18)13-11-16-8-9-17-13/h2-3,5,7-9,11,14H,4,6,10H2,1H3/t14-/m1/s1. The zero-order valence-corrected chi connectivity index (χ0v) is 12.6. The van der Waals surface area contributed by atoms with Gasteiger partial charge in [0.15, 0.2) is 0 Å². The summed E-state index contributed by atoms with van der Waals surface area (Å²) < 4.78 is 27.4. The van der Waals surface area contributed by atoms with Gasteiger partial charge < -0.3 is 0 Å². The van der Waals surface area contributed by atoms with Crippen molar-refractivity contribution in [3.63, 3.8) is 0 Å². The van der Waals surface area contributed by atoms with E-state index in [9.17, 15) is 8.42 Å². The van der Waals surface area contributed by atoms with E-state index in [1.54, 1.807) is 35.0 Å². The van der Waals surface area contributed by atoms with Gasteiger partial charge in [-0.15, -0.1) is 0 Å². The molecular weight excluding hydrogens is 286 g/mol. The van der Waals surface area contributed by atoms with Crippen LogP contribution < -0.4 is 0 Å². The van der Waals surface area contributed by atoms with Crippen LogP contribution in [0.25, 0.3) is 0 Å². The average molecular weight is 303 g/mol. The molecule has 0 unspecified atom stereocenters. The van der Waals surface area contributed by atoms with Crippen LogP contribution in [0.4, 0.5) is 0 Å². The van der Waals surface area contributed by atoms with E-state index in [1.165, 1.54) is 0 Å². The number of aryl methyl sites for hydroxylation is 1. The van der Waals surface area contributed by atoms with Gasteiger partial charge in [0.05, 0.1) is 22.8 Å². The van der Waals surface area contributed by atoms with Crippen molar-refractivity contribution in [3.05, 3.63) is 54.1 Å². The second-order valence-electron chi connectivity index (χ2n) is 5.17. The van der Waals surface area contributed by atoms with Crippen molar-refractivity contribution in [3.8, 4) is 0 Å². The van der Waals surface area contributed by atoms with E-state index in [4.69, 9.17) is 0 Å². The first-order valence-corrected chi connectivity index (χ1v) is 8.38. The van der Waals surface area contributed by atoms with Crippen LogP contribution in [0.2, 0.25) is 0 Å². The van der Waals surface area contributed by atoms with Gasteiger partial charge in [0.1, 0.15) is 0 Å². The third-order valence-electron chi connectivity index (χ3n) is 3.81. The number of hydrogen-bond donors (Lipinski definition) is 0. The highest BCUT2D eigenvalue weighted by atomic mass is 32.2. The Morgan fingerprint density at radius 1 is 1.24 bits per heavy atom. The molecule has 0 bridgehead atoms. The summed E-state index contributed by atoms with van der Waals surface area (Å²) in [5, 5.41) is 0. The van der Waals surface area contributed by atoms with Crippen molar-refractivity contribution in [2.75, 3.05) is 6.54 Å². The van der Waals surface area contributed by atoms with Crippen molar-refractivity contribution in [2.45, 2.75) is 30.7 Å². The Morgan fingerprint density at radius 2 is 2.05 bits per heavy atom. The largest absolute Gasteiger partial charge is 0.261 e. The Hall–Kier alpha value is -1.79. The molecule has 0 radical (unpaired) electrons. The van der Waals surface area contributed by atoms with Crippen LogP contribution in [-0.4, -0.2) is 29.2 Å². The van der Waals surface area contributed by atoms with E-state index in [0.717, 1.165) is 18.4 Å². The fraction of sp³-hybridized carbons (Fsp3) is 0.333. The summed E-state index contributed by atoms with van der Waals surface area (Å²) in [6.45, 7) is 2.35. The minimum atomic E-state index is -3.50. The van der Waals surface area contributed by atoms with Crippen molar-refractivity contribution < 1.29 is 8.42 Å². The lowest BCUT2D eigenvalue weighted by molar-refractivity contribution is 0.389. The van der Waals surface area contributed by atoms with Crippen molar-refractivity contribution in [2.24, 2.45) is 0 Å². The summed E-state index contributed by atoms with van der Waals surface area (Å²) in [6.07, 6.45) is 6.47. The molecule has 1 saturated heterocycles.